The van der Waals surface area contributed by atoms with Gasteiger partial charge in [0.25, 0.3) is 0 Å². The van der Waals surface area contributed by atoms with Gasteiger partial charge < -0.3 is 4.42 Å². The molecular formula is C35H21N3O. The Bertz CT molecular complexity index is 2180. The van der Waals surface area contributed by atoms with Gasteiger partial charge in [0.15, 0.2) is 17.5 Å². The van der Waals surface area contributed by atoms with Crippen LogP contribution in [0, 0.1) is 0 Å². The predicted molar refractivity (Wildman–Crippen MR) is 158 cm³/mol. The summed E-state index contributed by atoms with van der Waals surface area (Å²) in [5, 5.41) is 6.83. The van der Waals surface area contributed by atoms with Crippen LogP contribution >= 0.6 is 0 Å². The molecule has 0 unspecified atom stereocenters. The Morgan fingerprint density at radius 1 is 0.410 bits per heavy atom. The Hall–Kier alpha value is -5.35. The summed E-state index contributed by atoms with van der Waals surface area (Å²) < 4.78 is 6.18. The summed E-state index contributed by atoms with van der Waals surface area (Å²) in [6.07, 6.45) is 0. The van der Waals surface area contributed by atoms with Gasteiger partial charge in [0.1, 0.15) is 11.2 Å². The van der Waals surface area contributed by atoms with Gasteiger partial charge in [-0.25, -0.2) is 15.0 Å². The Kier molecular flexibility index (Phi) is 4.79. The highest BCUT2D eigenvalue weighted by Crippen LogP contribution is 2.36. The minimum absolute atomic E-state index is 0.610. The molecule has 8 aromatic rings. The second-order valence-electron chi connectivity index (χ2n) is 9.67. The minimum atomic E-state index is 0.610. The lowest BCUT2D eigenvalue weighted by Crippen LogP contribution is -2.00. The van der Waals surface area contributed by atoms with E-state index in [2.05, 4.69) is 72.8 Å². The maximum absolute atomic E-state index is 6.18. The van der Waals surface area contributed by atoms with Crippen molar-refractivity contribution in [3.63, 3.8) is 0 Å². The van der Waals surface area contributed by atoms with E-state index in [0.29, 0.717) is 17.5 Å². The van der Waals surface area contributed by atoms with E-state index in [1.807, 2.05) is 54.6 Å². The van der Waals surface area contributed by atoms with E-state index in [-0.39, 0.29) is 0 Å². The quantitative estimate of drug-likeness (QED) is 0.228. The van der Waals surface area contributed by atoms with Crippen LogP contribution in [0.25, 0.3) is 77.6 Å². The van der Waals surface area contributed by atoms with Gasteiger partial charge in [0.05, 0.1) is 0 Å². The Morgan fingerprint density at radius 3 is 1.97 bits per heavy atom. The number of fused-ring (bicyclic) bond motifs is 6. The van der Waals surface area contributed by atoms with Gasteiger partial charge in [-0.1, -0.05) is 109 Å². The zero-order valence-electron chi connectivity index (χ0n) is 20.9. The molecule has 0 saturated carbocycles. The van der Waals surface area contributed by atoms with Gasteiger partial charge in [0, 0.05) is 32.8 Å². The first kappa shape index (κ1) is 21.7. The van der Waals surface area contributed by atoms with Gasteiger partial charge in [-0.15, -0.1) is 0 Å². The largest absolute Gasteiger partial charge is 0.456 e. The molecule has 182 valence electrons. The van der Waals surface area contributed by atoms with Gasteiger partial charge in [0.2, 0.25) is 0 Å². The van der Waals surface area contributed by atoms with Crippen molar-refractivity contribution in [3.05, 3.63) is 127 Å². The second-order valence-corrected chi connectivity index (χ2v) is 9.67. The third-order valence-electron chi connectivity index (χ3n) is 7.31. The first-order chi connectivity index (χ1) is 19.3. The first-order valence-electron chi connectivity index (χ1n) is 13.0. The third kappa shape index (κ3) is 3.57. The predicted octanol–water partition coefficient (Wildman–Crippen LogP) is 9.08. The van der Waals surface area contributed by atoms with Crippen LogP contribution in [-0.4, -0.2) is 15.0 Å². The molecule has 0 fully saturated rings. The Morgan fingerprint density at radius 2 is 1.08 bits per heavy atom. The maximum atomic E-state index is 6.18. The highest BCUT2D eigenvalue weighted by Gasteiger charge is 2.16. The molecule has 0 atom stereocenters. The van der Waals surface area contributed by atoms with Gasteiger partial charge >= 0.3 is 0 Å². The molecule has 39 heavy (non-hydrogen) atoms. The average molecular weight is 500 g/mol. The van der Waals surface area contributed by atoms with E-state index in [9.17, 15) is 0 Å². The molecule has 4 nitrogen and oxygen atoms in total. The van der Waals surface area contributed by atoms with E-state index < -0.39 is 0 Å². The lowest BCUT2D eigenvalue weighted by atomic mass is 9.97. The molecule has 0 spiro atoms. The molecule has 0 bridgehead atoms. The number of hydrogen-bond acceptors (Lipinski definition) is 4. The smallest absolute Gasteiger partial charge is 0.164 e. The average Bonchev–Trinajstić information content (AvgIpc) is 3.39. The fourth-order valence-corrected chi connectivity index (χ4v) is 5.45. The van der Waals surface area contributed by atoms with Crippen LogP contribution in [0.3, 0.4) is 0 Å². The highest BCUT2D eigenvalue weighted by atomic mass is 16.3. The molecule has 0 amide bonds. The normalized spacial score (nSPS) is 11.6. The van der Waals surface area contributed by atoms with Crippen molar-refractivity contribution in [2.24, 2.45) is 0 Å². The summed E-state index contributed by atoms with van der Waals surface area (Å²) in [4.78, 5) is 15.0. The van der Waals surface area contributed by atoms with Crippen molar-refractivity contribution >= 4 is 43.5 Å². The molecular weight excluding hydrogens is 478 g/mol. The van der Waals surface area contributed by atoms with E-state index >= 15 is 0 Å². The van der Waals surface area contributed by atoms with Crippen LogP contribution in [0.4, 0.5) is 0 Å². The number of benzene rings is 6. The van der Waals surface area contributed by atoms with Crippen LogP contribution in [0.15, 0.2) is 132 Å². The van der Waals surface area contributed by atoms with Crippen molar-refractivity contribution < 1.29 is 4.42 Å². The SMILES string of the molecule is c1ccc(-c2nc(-c3ccc4c(c3)oc3ccccc34)nc(-c3cccc4ccc5ccccc5c34)n2)cc1. The number of rotatable bonds is 3. The number of furan rings is 1. The Labute approximate surface area is 224 Å². The lowest BCUT2D eigenvalue weighted by Gasteiger charge is -2.12. The standard InChI is InChI=1S/C35H21N3O/c1-2-10-24(11-3-1)33-36-34(25-19-20-28-27-14-6-7-16-30(27)39-31(28)21-25)38-35(37-33)29-15-8-12-23-18-17-22-9-4-5-13-26(22)32(23)29/h1-21H. The molecule has 6 aromatic carbocycles. The summed E-state index contributed by atoms with van der Waals surface area (Å²) >= 11 is 0. The lowest BCUT2D eigenvalue weighted by molar-refractivity contribution is 0.669. The van der Waals surface area contributed by atoms with Gasteiger partial charge in [-0.2, -0.15) is 0 Å². The van der Waals surface area contributed by atoms with Crippen molar-refractivity contribution in [2.45, 2.75) is 0 Å². The molecule has 0 radical (unpaired) electrons. The summed E-state index contributed by atoms with van der Waals surface area (Å²) in [5.41, 5.74) is 4.49. The van der Waals surface area contributed by atoms with E-state index in [1.165, 1.54) is 10.8 Å². The summed E-state index contributed by atoms with van der Waals surface area (Å²) in [6.45, 7) is 0. The van der Waals surface area contributed by atoms with Crippen LogP contribution in [0.5, 0.6) is 0 Å². The Balaban J connectivity index is 1.40. The van der Waals surface area contributed by atoms with E-state index in [0.717, 1.165) is 49.4 Å². The van der Waals surface area contributed by atoms with Crippen LogP contribution in [0.1, 0.15) is 0 Å². The van der Waals surface area contributed by atoms with Crippen molar-refractivity contribution in [1.82, 2.24) is 15.0 Å². The molecule has 0 aliphatic rings. The molecule has 0 saturated heterocycles. The molecule has 0 N–H and O–H groups in total. The molecule has 2 aromatic heterocycles. The van der Waals surface area contributed by atoms with Gasteiger partial charge in [-0.05, 0) is 34.4 Å². The van der Waals surface area contributed by atoms with Crippen LogP contribution < -0.4 is 0 Å². The van der Waals surface area contributed by atoms with Crippen molar-refractivity contribution in [1.29, 1.82) is 0 Å². The summed E-state index contributed by atoms with van der Waals surface area (Å²) in [6, 6.07) is 43.4. The fourth-order valence-electron chi connectivity index (χ4n) is 5.45. The third-order valence-corrected chi connectivity index (χ3v) is 7.31. The number of aromatic nitrogens is 3. The first-order valence-corrected chi connectivity index (χ1v) is 13.0. The maximum Gasteiger partial charge on any atom is 0.164 e. The monoisotopic (exact) mass is 499 g/mol. The topological polar surface area (TPSA) is 51.8 Å². The van der Waals surface area contributed by atoms with Crippen molar-refractivity contribution in [2.75, 3.05) is 0 Å². The van der Waals surface area contributed by atoms with Gasteiger partial charge in [-0.3, -0.25) is 0 Å². The van der Waals surface area contributed by atoms with Crippen LogP contribution in [0.2, 0.25) is 0 Å². The summed E-state index contributed by atoms with van der Waals surface area (Å²) in [7, 11) is 0. The highest BCUT2D eigenvalue weighted by molar-refractivity contribution is 6.13. The molecule has 4 heteroatoms. The molecule has 0 aliphatic carbocycles. The minimum Gasteiger partial charge on any atom is -0.456 e. The van der Waals surface area contributed by atoms with E-state index in [1.54, 1.807) is 0 Å². The number of para-hydroxylation sites is 1. The van der Waals surface area contributed by atoms with Crippen LogP contribution in [-0.2, 0) is 0 Å². The molecule has 2 heterocycles. The van der Waals surface area contributed by atoms with E-state index in [4.69, 9.17) is 19.4 Å². The second kappa shape index (κ2) is 8.61. The van der Waals surface area contributed by atoms with Crippen molar-refractivity contribution in [3.8, 4) is 34.2 Å². The molecule has 0 aliphatic heterocycles. The number of hydrogen-bond donors (Lipinski definition) is 0. The fraction of sp³-hybridized carbons (Fsp3) is 0. The number of nitrogens with zero attached hydrogens (tertiary/aromatic N) is 3. The molecule has 8 rings (SSSR count). The summed E-state index contributed by atoms with van der Waals surface area (Å²) in [5.74, 6) is 1.89. The zero-order valence-corrected chi connectivity index (χ0v) is 20.9. The zero-order chi connectivity index (χ0) is 25.8.